The summed E-state index contributed by atoms with van der Waals surface area (Å²) in [6.07, 6.45) is 0.457. The Labute approximate surface area is 120 Å². The van der Waals surface area contributed by atoms with Crippen LogP contribution in [-0.2, 0) is 18.4 Å². The molecule has 1 aromatic rings. The minimum Gasteiger partial charge on any atom is -0.481 e. The number of aromatic nitrogens is 2. The highest BCUT2D eigenvalue weighted by molar-refractivity contribution is 5.76. The van der Waals surface area contributed by atoms with Crippen LogP contribution in [-0.4, -0.2) is 34.9 Å². The Morgan fingerprint density at radius 1 is 1.40 bits per heavy atom. The molecule has 1 amide bonds. The van der Waals surface area contributed by atoms with Gasteiger partial charge < -0.3 is 15.4 Å². The van der Waals surface area contributed by atoms with Crippen molar-refractivity contribution in [1.29, 1.82) is 0 Å². The summed E-state index contributed by atoms with van der Waals surface area (Å²) in [7, 11) is 3.49. The van der Waals surface area contributed by atoms with Gasteiger partial charge in [0, 0.05) is 32.1 Å². The van der Waals surface area contributed by atoms with Crippen molar-refractivity contribution >= 4 is 5.91 Å². The number of carbonyl (C=O) groups excluding carboxylic acids is 1. The van der Waals surface area contributed by atoms with Crippen LogP contribution in [0.4, 0.5) is 0 Å². The molecule has 0 saturated heterocycles. The van der Waals surface area contributed by atoms with Gasteiger partial charge in [-0.3, -0.25) is 4.79 Å². The maximum atomic E-state index is 11.7. The lowest BCUT2D eigenvalue weighted by Gasteiger charge is -2.20. The molecule has 6 nitrogen and oxygen atoms in total. The molecule has 20 heavy (non-hydrogen) atoms. The van der Waals surface area contributed by atoms with Gasteiger partial charge in [-0.15, -0.1) is 0 Å². The molecule has 0 aliphatic heterocycles. The molecule has 0 aliphatic rings. The summed E-state index contributed by atoms with van der Waals surface area (Å²) in [6.45, 7) is 9.14. The first-order valence-electron chi connectivity index (χ1n) is 6.83. The molecule has 0 aliphatic carbocycles. The number of nitrogens with one attached hydrogen (secondary N) is 2. The van der Waals surface area contributed by atoms with Crippen molar-refractivity contribution in [3.63, 3.8) is 0 Å². The van der Waals surface area contributed by atoms with Crippen molar-refractivity contribution in [1.82, 2.24) is 20.4 Å². The number of nitrogens with zero attached hydrogens (tertiary/aromatic N) is 2. The van der Waals surface area contributed by atoms with E-state index in [1.165, 1.54) is 0 Å². The summed E-state index contributed by atoms with van der Waals surface area (Å²) in [5.41, 5.74) is 1.79. The van der Waals surface area contributed by atoms with E-state index in [9.17, 15) is 4.79 Å². The highest BCUT2D eigenvalue weighted by Crippen LogP contribution is 2.20. The lowest BCUT2D eigenvalue weighted by molar-refractivity contribution is -0.122. The molecule has 0 fully saturated rings. The van der Waals surface area contributed by atoms with E-state index in [0.29, 0.717) is 19.5 Å². The number of aryl methyl sites for hydroxylation is 2. The van der Waals surface area contributed by atoms with Crippen molar-refractivity contribution < 1.29 is 9.53 Å². The largest absolute Gasteiger partial charge is 0.481 e. The van der Waals surface area contributed by atoms with Crippen LogP contribution in [0.1, 0.15) is 38.4 Å². The lowest BCUT2D eigenvalue weighted by Crippen LogP contribution is -2.41. The van der Waals surface area contributed by atoms with E-state index in [0.717, 1.165) is 17.1 Å². The van der Waals surface area contributed by atoms with Gasteiger partial charge in [0.15, 0.2) is 0 Å². The predicted octanol–water partition coefficient (Wildman–Crippen LogP) is 1.13. The van der Waals surface area contributed by atoms with Crippen LogP contribution < -0.4 is 15.4 Å². The number of hydrogen-bond donors (Lipinski definition) is 2. The van der Waals surface area contributed by atoms with Crippen LogP contribution in [0.5, 0.6) is 5.88 Å². The first kappa shape index (κ1) is 16.5. The second-order valence-corrected chi connectivity index (χ2v) is 5.92. The summed E-state index contributed by atoms with van der Waals surface area (Å²) in [4.78, 5) is 11.7. The lowest BCUT2D eigenvalue weighted by atomic mass is 10.1. The van der Waals surface area contributed by atoms with Crippen molar-refractivity contribution in [2.45, 2.75) is 46.2 Å². The molecule has 0 spiro atoms. The third kappa shape index (κ3) is 4.85. The zero-order valence-corrected chi connectivity index (χ0v) is 13.3. The van der Waals surface area contributed by atoms with E-state index < -0.39 is 0 Å². The Hall–Kier alpha value is -1.56. The van der Waals surface area contributed by atoms with Crippen LogP contribution >= 0.6 is 0 Å². The quantitative estimate of drug-likeness (QED) is 0.768. The second-order valence-electron chi connectivity index (χ2n) is 5.92. The fraction of sp³-hybridized carbons (Fsp3) is 0.714. The molecule has 6 heteroatoms. The van der Waals surface area contributed by atoms with Crippen molar-refractivity contribution in [2.75, 3.05) is 13.7 Å². The van der Waals surface area contributed by atoms with Gasteiger partial charge in [-0.2, -0.15) is 5.10 Å². The van der Waals surface area contributed by atoms with Gasteiger partial charge in [0.25, 0.3) is 0 Å². The Kier molecular flexibility index (Phi) is 5.56. The number of hydrogen-bond acceptors (Lipinski definition) is 4. The van der Waals surface area contributed by atoms with E-state index in [1.54, 1.807) is 11.8 Å². The SMILES string of the molecule is COc1c(CNCCC(=O)NC(C)(C)C)c(C)nn1C. The normalized spacial score (nSPS) is 11.5. The molecule has 1 aromatic heterocycles. The summed E-state index contributed by atoms with van der Waals surface area (Å²) in [6, 6.07) is 0. The first-order chi connectivity index (χ1) is 9.24. The third-order valence-corrected chi connectivity index (χ3v) is 2.83. The molecule has 0 atom stereocenters. The maximum absolute atomic E-state index is 11.7. The molecular formula is C14H26N4O2. The number of amides is 1. The molecule has 1 rings (SSSR count). The Morgan fingerprint density at radius 2 is 2.05 bits per heavy atom. The van der Waals surface area contributed by atoms with Crippen molar-refractivity contribution in [3.8, 4) is 5.88 Å². The Bertz CT molecular complexity index is 460. The van der Waals surface area contributed by atoms with Gasteiger partial charge in [0.1, 0.15) is 0 Å². The monoisotopic (exact) mass is 282 g/mol. The van der Waals surface area contributed by atoms with Crippen molar-refractivity contribution in [3.05, 3.63) is 11.3 Å². The Morgan fingerprint density at radius 3 is 2.60 bits per heavy atom. The summed E-state index contributed by atoms with van der Waals surface area (Å²) < 4.78 is 7.04. The fourth-order valence-electron chi connectivity index (χ4n) is 2.04. The van der Waals surface area contributed by atoms with E-state index in [1.807, 2.05) is 34.7 Å². The zero-order valence-electron chi connectivity index (χ0n) is 13.3. The van der Waals surface area contributed by atoms with E-state index in [-0.39, 0.29) is 11.4 Å². The van der Waals surface area contributed by atoms with E-state index in [4.69, 9.17) is 4.74 Å². The highest BCUT2D eigenvalue weighted by Gasteiger charge is 2.15. The predicted molar refractivity (Wildman–Crippen MR) is 78.7 cm³/mol. The van der Waals surface area contributed by atoms with Gasteiger partial charge in [0.05, 0.1) is 18.4 Å². The molecule has 114 valence electrons. The van der Waals surface area contributed by atoms with Gasteiger partial charge in [-0.25, -0.2) is 4.68 Å². The van der Waals surface area contributed by atoms with Gasteiger partial charge in [-0.05, 0) is 27.7 Å². The van der Waals surface area contributed by atoms with Gasteiger partial charge >= 0.3 is 0 Å². The van der Waals surface area contributed by atoms with Crippen LogP contribution in [0.25, 0.3) is 0 Å². The number of rotatable bonds is 6. The minimum atomic E-state index is -0.180. The van der Waals surface area contributed by atoms with Crippen LogP contribution in [0.15, 0.2) is 0 Å². The number of ether oxygens (including phenoxy) is 1. The van der Waals surface area contributed by atoms with E-state index in [2.05, 4.69) is 15.7 Å². The molecule has 1 heterocycles. The van der Waals surface area contributed by atoms with Crippen LogP contribution in [0, 0.1) is 6.92 Å². The minimum absolute atomic E-state index is 0.0554. The summed E-state index contributed by atoms with van der Waals surface area (Å²) >= 11 is 0. The van der Waals surface area contributed by atoms with Gasteiger partial charge in [0.2, 0.25) is 11.8 Å². The molecule has 2 N–H and O–H groups in total. The zero-order chi connectivity index (χ0) is 15.3. The molecule has 0 radical (unpaired) electrons. The Balaban J connectivity index is 2.40. The van der Waals surface area contributed by atoms with Crippen LogP contribution in [0.2, 0.25) is 0 Å². The number of methoxy groups -OCH3 is 1. The van der Waals surface area contributed by atoms with Crippen molar-refractivity contribution in [2.24, 2.45) is 7.05 Å². The standard InChI is InChI=1S/C14H26N4O2/c1-10-11(13(20-6)18(5)17-10)9-15-8-7-12(19)16-14(2,3)4/h15H,7-9H2,1-6H3,(H,16,19). The van der Waals surface area contributed by atoms with Gasteiger partial charge in [-0.1, -0.05) is 0 Å². The summed E-state index contributed by atoms with van der Waals surface area (Å²) in [5, 5.41) is 10.5. The fourth-order valence-corrected chi connectivity index (χ4v) is 2.04. The molecular weight excluding hydrogens is 256 g/mol. The topological polar surface area (TPSA) is 68.2 Å². The second kappa shape index (κ2) is 6.74. The van der Waals surface area contributed by atoms with E-state index >= 15 is 0 Å². The smallest absolute Gasteiger partial charge is 0.221 e. The molecule has 0 bridgehead atoms. The highest BCUT2D eigenvalue weighted by atomic mass is 16.5. The first-order valence-corrected chi connectivity index (χ1v) is 6.83. The number of carbonyl (C=O) groups is 1. The molecule has 0 saturated carbocycles. The molecule has 0 aromatic carbocycles. The summed E-state index contributed by atoms with van der Waals surface area (Å²) in [5.74, 6) is 0.814. The molecule has 0 unspecified atom stereocenters. The maximum Gasteiger partial charge on any atom is 0.221 e. The van der Waals surface area contributed by atoms with Crippen LogP contribution in [0.3, 0.4) is 0 Å². The average molecular weight is 282 g/mol. The average Bonchev–Trinajstić information content (AvgIpc) is 2.56. The third-order valence-electron chi connectivity index (χ3n) is 2.83.